The van der Waals surface area contributed by atoms with Crippen molar-refractivity contribution in [2.45, 2.75) is 5.03 Å². The molecule has 0 aliphatic carbocycles. The number of fused-ring (bicyclic) bond motifs is 1. The Bertz CT molecular complexity index is 1090. The number of anilines is 3. The Morgan fingerprint density at radius 1 is 0.938 bits per heavy atom. The third kappa shape index (κ3) is 4.72. The molecule has 1 N–H and O–H groups in total. The number of piperazine rings is 1. The van der Waals surface area contributed by atoms with Crippen molar-refractivity contribution in [3.05, 3.63) is 60.9 Å². The van der Waals surface area contributed by atoms with E-state index in [1.807, 2.05) is 12.1 Å². The second-order valence-electron chi connectivity index (χ2n) is 7.43. The second-order valence-corrected chi connectivity index (χ2v) is 8.42. The average Bonchev–Trinajstić information content (AvgIpc) is 3.32. The summed E-state index contributed by atoms with van der Waals surface area (Å²) in [7, 11) is 0. The number of carbonyl (C=O) groups excluding carboxylic acids is 1. The van der Waals surface area contributed by atoms with Crippen LogP contribution in [0.4, 0.5) is 17.2 Å². The molecule has 0 unspecified atom stereocenters. The molecule has 8 nitrogen and oxygen atoms in total. The molecule has 0 saturated carbocycles. The van der Waals surface area contributed by atoms with Crippen LogP contribution >= 0.6 is 11.8 Å². The fourth-order valence-corrected chi connectivity index (χ4v) is 4.39. The Labute approximate surface area is 190 Å². The van der Waals surface area contributed by atoms with Crippen molar-refractivity contribution in [1.29, 1.82) is 0 Å². The van der Waals surface area contributed by atoms with E-state index in [0.29, 0.717) is 17.2 Å². The Morgan fingerprint density at radius 3 is 2.56 bits per heavy atom. The van der Waals surface area contributed by atoms with E-state index in [1.54, 1.807) is 24.5 Å². The van der Waals surface area contributed by atoms with Gasteiger partial charge in [-0.15, -0.1) is 0 Å². The fourth-order valence-electron chi connectivity index (χ4n) is 3.73. The molecular formula is C23H23N5O3S. The maximum Gasteiger partial charge on any atom is 0.234 e. The van der Waals surface area contributed by atoms with Gasteiger partial charge < -0.3 is 24.6 Å². The Hall–Kier alpha value is -3.46. The summed E-state index contributed by atoms with van der Waals surface area (Å²) >= 11 is 1.39. The smallest absolute Gasteiger partial charge is 0.234 e. The number of para-hydroxylation sites is 1. The number of ether oxygens (including phenoxy) is 2. The lowest BCUT2D eigenvalue weighted by atomic mass is 10.2. The Balaban J connectivity index is 1.14. The molecule has 164 valence electrons. The summed E-state index contributed by atoms with van der Waals surface area (Å²) in [6, 6.07) is 17.8. The maximum atomic E-state index is 12.4. The van der Waals surface area contributed by atoms with E-state index in [0.717, 1.165) is 37.0 Å². The third-order valence-electron chi connectivity index (χ3n) is 5.36. The molecule has 1 saturated heterocycles. The van der Waals surface area contributed by atoms with Gasteiger partial charge in [0, 0.05) is 49.7 Å². The number of thioether (sulfide) groups is 1. The van der Waals surface area contributed by atoms with E-state index in [2.05, 4.69) is 49.4 Å². The van der Waals surface area contributed by atoms with Crippen LogP contribution in [0.5, 0.6) is 11.5 Å². The summed E-state index contributed by atoms with van der Waals surface area (Å²) in [5.41, 5.74) is 1.93. The Kier molecular flexibility index (Phi) is 5.98. The van der Waals surface area contributed by atoms with Crippen molar-refractivity contribution in [1.82, 2.24) is 9.97 Å². The third-order valence-corrected chi connectivity index (χ3v) is 6.29. The molecule has 9 heteroatoms. The largest absolute Gasteiger partial charge is 0.454 e. The minimum atomic E-state index is -0.106. The number of hydrogen-bond acceptors (Lipinski definition) is 8. The average molecular weight is 450 g/mol. The molecule has 2 aliphatic rings. The van der Waals surface area contributed by atoms with E-state index in [-0.39, 0.29) is 18.5 Å². The van der Waals surface area contributed by atoms with E-state index < -0.39 is 0 Å². The predicted molar refractivity (Wildman–Crippen MR) is 125 cm³/mol. The summed E-state index contributed by atoms with van der Waals surface area (Å²) in [6.45, 7) is 3.87. The zero-order valence-electron chi connectivity index (χ0n) is 17.4. The van der Waals surface area contributed by atoms with Crippen molar-refractivity contribution in [3.8, 4) is 11.5 Å². The summed E-state index contributed by atoms with van der Waals surface area (Å²) in [4.78, 5) is 25.8. The number of benzene rings is 2. The van der Waals surface area contributed by atoms with Gasteiger partial charge in [0.05, 0.1) is 5.75 Å². The number of rotatable bonds is 6. The highest BCUT2D eigenvalue weighted by atomic mass is 32.2. The van der Waals surface area contributed by atoms with Crippen LogP contribution in [-0.4, -0.2) is 54.6 Å². The monoisotopic (exact) mass is 449 g/mol. The first-order valence-corrected chi connectivity index (χ1v) is 11.4. The van der Waals surface area contributed by atoms with Crippen LogP contribution in [-0.2, 0) is 4.79 Å². The lowest BCUT2D eigenvalue weighted by Gasteiger charge is -2.36. The number of nitrogens with one attached hydrogen (secondary N) is 1. The quantitative estimate of drug-likeness (QED) is 0.454. The van der Waals surface area contributed by atoms with Crippen LogP contribution < -0.4 is 24.6 Å². The number of amides is 1. The minimum Gasteiger partial charge on any atom is -0.454 e. The zero-order chi connectivity index (χ0) is 21.8. The highest BCUT2D eigenvalue weighted by Gasteiger charge is 2.19. The van der Waals surface area contributed by atoms with Crippen LogP contribution in [0.1, 0.15) is 0 Å². The molecule has 1 aromatic heterocycles. The molecule has 0 radical (unpaired) electrons. The fraction of sp³-hybridized carbons (Fsp3) is 0.261. The lowest BCUT2D eigenvalue weighted by molar-refractivity contribution is -0.113. The number of carbonyl (C=O) groups is 1. The van der Waals surface area contributed by atoms with Gasteiger partial charge in [0.15, 0.2) is 11.5 Å². The summed E-state index contributed by atoms with van der Waals surface area (Å²) in [5, 5.41) is 3.66. The first kappa shape index (κ1) is 20.4. The predicted octanol–water partition coefficient (Wildman–Crippen LogP) is 3.26. The van der Waals surface area contributed by atoms with Gasteiger partial charge in [-0.25, -0.2) is 9.97 Å². The molecule has 0 spiro atoms. The van der Waals surface area contributed by atoms with Crippen molar-refractivity contribution in [2.75, 3.05) is 53.8 Å². The molecule has 3 heterocycles. The van der Waals surface area contributed by atoms with Crippen LogP contribution in [0, 0.1) is 0 Å². The standard InChI is InChI=1S/C23H23N5O3S/c29-22(26-17-6-7-19-20(12-17)31-16-30-19)14-32-23-13-21(24-15-25-23)28-10-8-27(9-11-28)18-4-2-1-3-5-18/h1-7,12-13,15H,8-11,14,16H2,(H,26,29). The van der Waals surface area contributed by atoms with Gasteiger partial charge in [-0.2, -0.15) is 0 Å². The van der Waals surface area contributed by atoms with Crippen LogP contribution in [0.25, 0.3) is 0 Å². The number of aromatic nitrogens is 2. The molecule has 1 fully saturated rings. The van der Waals surface area contributed by atoms with Gasteiger partial charge >= 0.3 is 0 Å². The minimum absolute atomic E-state index is 0.106. The van der Waals surface area contributed by atoms with Crippen molar-refractivity contribution < 1.29 is 14.3 Å². The summed E-state index contributed by atoms with van der Waals surface area (Å²) in [5.74, 6) is 2.38. The van der Waals surface area contributed by atoms with Crippen molar-refractivity contribution in [2.24, 2.45) is 0 Å². The van der Waals surface area contributed by atoms with Gasteiger partial charge in [0.2, 0.25) is 12.7 Å². The first-order valence-electron chi connectivity index (χ1n) is 10.4. The van der Waals surface area contributed by atoms with Gasteiger partial charge in [0.25, 0.3) is 0 Å². The van der Waals surface area contributed by atoms with Gasteiger partial charge in [-0.05, 0) is 24.3 Å². The normalized spacial score (nSPS) is 15.0. The molecule has 3 aromatic rings. The summed E-state index contributed by atoms with van der Waals surface area (Å²) < 4.78 is 10.6. The molecule has 5 rings (SSSR count). The highest BCUT2D eigenvalue weighted by molar-refractivity contribution is 7.99. The molecule has 1 amide bonds. The Morgan fingerprint density at radius 2 is 1.72 bits per heavy atom. The van der Waals surface area contributed by atoms with Crippen molar-refractivity contribution >= 4 is 34.9 Å². The van der Waals surface area contributed by atoms with Crippen LogP contribution in [0.3, 0.4) is 0 Å². The SMILES string of the molecule is O=C(CSc1cc(N2CCN(c3ccccc3)CC2)ncn1)Nc1ccc2c(c1)OCO2. The first-order chi connectivity index (χ1) is 15.7. The topological polar surface area (TPSA) is 79.8 Å². The number of nitrogens with zero attached hydrogens (tertiary/aromatic N) is 4. The molecule has 2 aromatic carbocycles. The molecular weight excluding hydrogens is 426 g/mol. The summed E-state index contributed by atoms with van der Waals surface area (Å²) in [6.07, 6.45) is 1.57. The zero-order valence-corrected chi connectivity index (χ0v) is 18.3. The molecule has 0 atom stereocenters. The van der Waals surface area contributed by atoms with Gasteiger partial charge in [-0.3, -0.25) is 4.79 Å². The molecule has 32 heavy (non-hydrogen) atoms. The van der Waals surface area contributed by atoms with E-state index >= 15 is 0 Å². The van der Waals surface area contributed by atoms with E-state index in [9.17, 15) is 4.79 Å². The van der Waals surface area contributed by atoms with Crippen LogP contribution in [0.2, 0.25) is 0 Å². The second kappa shape index (κ2) is 9.35. The lowest BCUT2D eigenvalue weighted by Crippen LogP contribution is -2.46. The van der Waals surface area contributed by atoms with Gasteiger partial charge in [0.1, 0.15) is 17.2 Å². The maximum absolute atomic E-state index is 12.4. The highest BCUT2D eigenvalue weighted by Crippen LogP contribution is 2.34. The number of hydrogen-bond donors (Lipinski definition) is 1. The van der Waals surface area contributed by atoms with E-state index in [4.69, 9.17) is 9.47 Å². The van der Waals surface area contributed by atoms with Gasteiger partial charge in [-0.1, -0.05) is 30.0 Å². The molecule has 2 aliphatic heterocycles. The van der Waals surface area contributed by atoms with E-state index in [1.165, 1.54) is 17.4 Å². The molecule has 0 bridgehead atoms. The van der Waals surface area contributed by atoms with Crippen LogP contribution in [0.15, 0.2) is 66.0 Å². The van der Waals surface area contributed by atoms with Crippen molar-refractivity contribution in [3.63, 3.8) is 0 Å².